The van der Waals surface area contributed by atoms with Crippen LogP contribution in [0.15, 0.2) is 42.0 Å². The highest BCUT2D eigenvalue weighted by atomic mass is 35.5. The van der Waals surface area contributed by atoms with Crippen molar-refractivity contribution in [3.05, 3.63) is 69.2 Å². The maximum atomic E-state index is 11.7. The third-order valence-electron chi connectivity index (χ3n) is 5.55. The van der Waals surface area contributed by atoms with Crippen LogP contribution in [0.2, 0.25) is 5.02 Å². The molecule has 0 saturated heterocycles. The highest BCUT2D eigenvalue weighted by Gasteiger charge is 2.17. The van der Waals surface area contributed by atoms with Gasteiger partial charge < -0.3 is 14.2 Å². The predicted molar refractivity (Wildman–Crippen MR) is 120 cm³/mol. The van der Waals surface area contributed by atoms with Gasteiger partial charge in [0.05, 0.1) is 19.8 Å². The van der Waals surface area contributed by atoms with Gasteiger partial charge in [0.25, 0.3) is 0 Å². The first kappa shape index (κ1) is 22.4. The van der Waals surface area contributed by atoms with Gasteiger partial charge in [0, 0.05) is 11.4 Å². The summed E-state index contributed by atoms with van der Waals surface area (Å²) >= 11 is 6.04. The molecule has 0 amide bonds. The molecule has 4 nitrogen and oxygen atoms in total. The molecule has 5 heteroatoms. The fourth-order valence-electron chi connectivity index (χ4n) is 3.68. The van der Waals surface area contributed by atoms with E-state index in [1.807, 2.05) is 31.2 Å². The van der Waals surface area contributed by atoms with Crippen LogP contribution in [0.5, 0.6) is 5.75 Å². The highest BCUT2D eigenvalue weighted by Crippen LogP contribution is 2.30. The fraction of sp³-hybridized carbons (Fsp3) is 0.400. The van der Waals surface area contributed by atoms with Crippen LogP contribution in [0, 0.1) is 13.8 Å². The maximum Gasteiger partial charge on any atom is 0.306 e. The summed E-state index contributed by atoms with van der Waals surface area (Å²) in [5, 5.41) is 0.735. The van der Waals surface area contributed by atoms with E-state index in [4.69, 9.17) is 25.8 Å². The number of esters is 1. The van der Waals surface area contributed by atoms with Gasteiger partial charge in [-0.15, -0.1) is 0 Å². The molecule has 1 heterocycles. The zero-order valence-electron chi connectivity index (χ0n) is 17.9. The molecule has 3 rings (SSSR count). The first-order valence-corrected chi connectivity index (χ1v) is 10.8. The number of carbonyl (C=O) groups is 1. The Morgan fingerprint density at radius 1 is 1.10 bits per heavy atom. The van der Waals surface area contributed by atoms with Crippen LogP contribution in [0.1, 0.15) is 42.0 Å². The first-order chi connectivity index (χ1) is 14.5. The molecule has 2 aromatic carbocycles. The second kappa shape index (κ2) is 10.6. The molecular weight excluding hydrogens is 400 g/mol. The van der Waals surface area contributed by atoms with Crippen LogP contribution in [0.4, 0.5) is 0 Å². The second-order valence-electron chi connectivity index (χ2n) is 7.46. The zero-order chi connectivity index (χ0) is 21.5. The monoisotopic (exact) mass is 428 g/mol. The van der Waals surface area contributed by atoms with Crippen molar-refractivity contribution in [1.82, 2.24) is 0 Å². The molecule has 0 bridgehead atoms. The summed E-state index contributed by atoms with van der Waals surface area (Å²) in [4.78, 5) is 11.7. The highest BCUT2D eigenvalue weighted by molar-refractivity contribution is 6.30. The van der Waals surface area contributed by atoms with E-state index in [-0.39, 0.29) is 5.97 Å². The van der Waals surface area contributed by atoms with E-state index in [1.165, 1.54) is 11.1 Å². The van der Waals surface area contributed by atoms with Crippen LogP contribution in [0.3, 0.4) is 0 Å². The number of aryl methyl sites for hydroxylation is 1. The Balaban J connectivity index is 1.71. The lowest BCUT2D eigenvalue weighted by molar-refractivity contribution is -0.143. The van der Waals surface area contributed by atoms with E-state index < -0.39 is 0 Å². The summed E-state index contributed by atoms with van der Waals surface area (Å²) in [6.45, 7) is 8.16. The van der Waals surface area contributed by atoms with Crippen molar-refractivity contribution >= 4 is 23.1 Å². The number of hydrogen-bond acceptors (Lipinski definition) is 4. The number of benzene rings is 2. The molecule has 0 spiro atoms. The van der Waals surface area contributed by atoms with Crippen LogP contribution in [-0.4, -0.2) is 32.4 Å². The van der Waals surface area contributed by atoms with Crippen molar-refractivity contribution in [2.24, 2.45) is 0 Å². The Morgan fingerprint density at radius 3 is 2.60 bits per heavy atom. The van der Waals surface area contributed by atoms with Crippen LogP contribution < -0.4 is 4.74 Å². The zero-order valence-corrected chi connectivity index (χ0v) is 18.7. The third kappa shape index (κ3) is 5.65. The molecule has 160 valence electrons. The van der Waals surface area contributed by atoms with E-state index in [0.717, 1.165) is 46.1 Å². The van der Waals surface area contributed by atoms with E-state index in [1.54, 1.807) is 0 Å². The summed E-state index contributed by atoms with van der Waals surface area (Å²) in [5.41, 5.74) is 7.01. The van der Waals surface area contributed by atoms with Crippen molar-refractivity contribution in [2.75, 3.05) is 26.4 Å². The van der Waals surface area contributed by atoms with Gasteiger partial charge in [-0.3, -0.25) is 4.79 Å². The number of ether oxygens (including phenoxy) is 3. The van der Waals surface area contributed by atoms with Crippen molar-refractivity contribution < 1.29 is 19.0 Å². The van der Waals surface area contributed by atoms with Gasteiger partial charge in [-0.05, 0) is 85.2 Å². The van der Waals surface area contributed by atoms with Crippen molar-refractivity contribution in [1.29, 1.82) is 0 Å². The van der Waals surface area contributed by atoms with Gasteiger partial charge >= 0.3 is 5.97 Å². The average Bonchev–Trinajstić information content (AvgIpc) is 2.75. The Hall–Kier alpha value is -2.30. The number of carbonyl (C=O) groups excluding carboxylic acids is 1. The van der Waals surface area contributed by atoms with Gasteiger partial charge in [-0.2, -0.15) is 0 Å². The molecule has 0 N–H and O–H groups in total. The molecule has 30 heavy (non-hydrogen) atoms. The number of halogens is 1. The summed E-state index contributed by atoms with van der Waals surface area (Å²) < 4.78 is 16.9. The molecule has 0 atom stereocenters. The van der Waals surface area contributed by atoms with Gasteiger partial charge in [0.15, 0.2) is 0 Å². The lowest BCUT2D eigenvalue weighted by atomic mass is 9.96. The SMILES string of the molecule is CCOC(=O)CCc1ccc(OCC2=C(c3ccc(Cl)cc3)CCOC2)c(C)c1C. The van der Waals surface area contributed by atoms with Crippen LogP contribution >= 0.6 is 11.6 Å². The minimum absolute atomic E-state index is 0.158. The molecule has 0 fully saturated rings. The van der Waals surface area contributed by atoms with E-state index in [9.17, 15) is 4.79 Å². The first-order valence-electron chi connectivity index (χ1n) is 10.4. The van der Waals surface area contributed by atoms with E-state index in [0.29, 0.717) is 32.7 Å². The molecule has 0 aromatic heterocycles. The normalized spacial score (nSPS) is 14.0. The van der Waals surface area contributed by atoms with E-state index >= 15 is 0 Å². The summed E-state index contributed by atoms with van der Waals surface area (Å²) in [7, 11) is 0. The van der Waals surface area contributed by atoms with Gasteiger partial charge in [-0.1, -0.05) is 29.8 Å². The fourth-order valence-corrected chi connectivity index (χ4v) is 3.80. The Bertz CT molecular complexity index is 915. The topological polar surface area (TPSA) is 44.8 Å². The van der Waals surface area contributed by atoms with Gasteiger partial charge in [0.1, 0.15) is 12.4 Å². The molecule has 1 aliphatic rings. The standard InChI is InChI=1S/C25H29ClO4/c1-4-29-25(27)12-8-19-7-11-24(18(3)17(19)2)30-16-21-15-28-14-13-23(21)20-5-9-22(26)10-6-20/h5-7,9-11H,4,8,12-16H2,1-3H3. The molecular formula is C25H29ClO4. The van der Waals surface area contributed by atoms with Crippen LogP contribution in [-0.2, 0) is 20.7 Å². The summed E-state index contributed by atoms with van der Waals surface area (Å²) in [6, 6.07) is 12.0. The molecule has 0 saturated carbocycles. The predicted octanol–water partition coefficient (Wildman–Crippen LogP) is 5.71. The average molecular weight is 429 g/mol. The lowest BCUT2D eigenvalue weighted by Crippen LogP contribution is -2.16. The Morgan fingerprint density at radius 2 is 1.87 bits per heavy atom. The van der Waals surface area contributed by atoms with Gasteiger partial charge in [-0.25, -0.2) is 0 Å². The Labute approximate surface area is 183 Å². The summed E-state index contributed by atoms with van der Waals surface area (Å²) in [5.74, 6) is 0.703. The number of rotatable bonds is 8. The van der Waals surface area contributed by atoms with E-state index in [2.05, 4.69) is 26.0 Å². The molecule has 0 aliphatic carbocycles. The van der Waals surface area contributed by atoms with Gasteiger partial charge in [0.2, 0.25) is 0 Å². The molecule has 0 radical (unpaired) electrons. The lowest BCUT2D eigenvalue weighted by Gasteiger charge is -2.22. The Kier molecular flexibility index (Phi) is 7.94. The quantitative estimate of drug-likeness (QED) is 0.505. The second-order valence-corrected chi connectivity index (χ2v) is 7.89. The van der Waals surface area contributed by atoms with Crippen molar-refractivity contribution in [3.63, 3.8) is 0 Å². The molecule has 1 aliphatic heterocycles. The minimum Gasteiger partial charge on any atom is -0.489 e. The largest absolute Gasteiger partial charge is 0.489 e. The minimum atomic E-state index is -0.158. The summed E-state index contributed by atoms with van der Waals surface area (Å²) in [6.07, 6.45) is 1.93. The smallest absolute Gasteiger partial charge is 0.306 e. The van der Waals surface area contributed by atoms with Crippen LogP contribution in [0.25, 0.3) is 5.57 Å². The molecule has 0 unspecified atom stereocenters. The maximum absolute atomic E-state index is 11.7. The number of hydrogen-bond donors (Lipinski definition) is 0. The van der Waals surface area contributed by atoms with Crippen molar-refractivity contribution in [2.45, 2.75) is 40.0 Å². The third-order valence-corrected chi connectivity index (χ3v) is 5.80. The molecule has 2 aromatic rings. The van der Waals surface area contributed by atoms with Crippen molar-refractivity contribution in [3.8, 4) is 5.75 Å².